The highest BCUT2D eigenvalue weighted by molar-refractivity contribution is 5.69. The van der Waals surface area contributed by atoms with Crippen molar-refractivity contribution in [2.75, 3.05) is 6.61 Å². The average molecular weight is 677 g/mol. The first-order chi connectivity index (χ1) is 23.8. The maximum atomic E-state index is 12.0. The van der Waals surface area contributed by atoms with Gasteiger partial charge in [-0.15, -0.1) is 0 Å². The van der Waals surface area contributed by atoms with Gasteiger partial charge >= 0.3 is 5.97 Å². The lowest BCUT2D eigenvalue weighted by molar-refractivity contribution is -0.143. The molecule has 0 aliphatic carbocycles. The molecule has 0 aliphatic heterocycles. The summed E-state index contributed by atoms with van der Waals surface area (Å²) in [5, 5.41) is 0. The van der Waals surface area contributed by atoms with E-state index in [1.165, 1.54) is 250 Å². The third-order valence-corrected chi connectivity index (χ3v) is 10.7. The van der Waals surface area contributed by atoms with E-state index in [-0.39, 0.29) is 5.97 Å². The van der Waals surface area contributed by atoms with Gasteiger partial charge in [0.05, 0.1) is 6.61 Å². The molecule has 0 atom stereocenters. The summed E-state index contributed by atoms with van der Waals surface area (Å²) in [6, 6.07) is 0. The smallest absolute Gasteiger partial charge is 0.305 e. The zero-order chi connectivity index (χ0) is 34.7. The molecule has 0 spiro atoms. The van der Waals surface area contributed by atoms with E-state index in [0.717, 1.165) is 12.8 Å². The molecule has 2 nitrogen and oxygen atoms in total. The normalized spacial score (nSPS) is 11.5. The lowest BCUT2D eigenvalue weighted by Gasteiger charge is -2.06. The van der Waals surface area contributed by atoms with Crippen molar-refractivity contribution in [2.24, 2.45) is 0 Å². The van der Waals surface area contributed by atoms with Crippen LogP contribution in [0, 0.1) is 0 Å². The summed E-state index contributed by atoms with van der Waals surface area (Å²) < 4.78 is 5.47. The molecule has 0 aliphatic rings. The van der Waals surface area contributed by atoms with Crippen molar-refractivity contribution in [3.05, 3.63) is 0 Å². The van der Waals surface area contributed by atoms with Crippen LogP contribution in [0.4, 0.5) is 0 Å². The Labute approximate surface area is 304 Å². The van der Waals surface area contributed by atoms with Crippen molar-refractivity contribution in [2.45, 2.75) is 284 Å². The van der Waals surface area contributed by atoms with E-state index in [4.69, 9.17) is 4.74 Å². The largest absolute Gasteiger partial charge is 0.466 e. The number of carbonyl (C=O) groups is 1. The van der Waals surface area contributed by atoms with Crippen LogP contribution < -0.4 is 0 Å². The molecule has 0 aromatic carbocycles. The van der Waals surface area contributed by atoms with Crippen LogP contribution in [0.3, 0.4) is 0 Å². The van der Waals surface area contributed by atoms with E-state index in [1.807, 2.05) is 0 Å². The van der Waals surface area contributed by atoms with E-state index in [2.05, 4.69) is 13.8 Å². The molecular formula is C46H92O2. The van der Waals surface area contributed by atoms with E-state index < -0.39 is 0 Å². The minimum absolute atomic E-state index is 0.0321. The van der Waals surface area contributed by atoms with Gasteiger partial charge in [-0.05, 0) is 12.8 Å². The van der Waals surface area contributed by atoms with Crippen molar-refractivity contribution >= 4 is 5.97 Å². The number of hydrogen-bond donors (Lipinski definition) is 0. The molecule has 0 radical (unpaired) electrons. The van der Waals surface area contributed by atoms with Gasteiger partial charge in [0.15, 0.2) is 0 Å². The predicted octanol–water partition coefficient (Wildman–Crippen LogP) is 17.0. The number of ether oxygens (including phenoxy) is 1. The Bertz CT molecular complexity index is 572. The molecule has 0 aromatic heterocycles. The maximum Gasteiger partial charge on any atom is 0.305 e. The second-order valence-corrected chi connectivity index (χ2v) is 15.8. The maximum absolute atomic E-state index is 12.0. The number of unbranched alkanes of at least 4 members (excludes halogenated alkanes) is 39. The van der Waals surface area contributed by atoms with E-state index in [0.29, 0.717) is 13.0 Å². The van der Waals surface area contributed by atoms with Gasteiger partial charge in [-0.1, -0.05) is 264 Å². The van der Waals surface area contributed by atoms with Crippen LogP contribution in [0.5, 0.6) is 0 Å². The molecule has 0 amide bonds. The van der Waals surface area contributed by atoms with Crippen LogP contribution in [0.15, 0.2) is 0 Å². The van der Waals surface area contributed by atoms with Gasteiger partial charge in [0.25, 0.3) is 0 Å². The van der Waals surface area contributed by atoms with Gasteiger partial charge in [0.2, 0.25) is 0 Å². The molecule has 0 fully saturated rings. The quantitative estimate of drug-likeness (QED) is 0.0474. The highest BCUT2D eigenvalue weighted by atomic mass is 16.5. The Morgan fingerprint density at radius 3 is 0.688 bits per heavy atom. The van der Waals surface area contributed by atoms with Crippen LogP contribution in [-0.2, 0) is 9.53 Å². The topological polar surface area (TPSA) is 26.3 Å². The third-order valence-electron chi connectivity index (χ3n) is 10.7. The second-order valence-electron chi connectivity index (χ2n) is 15.8. The molecule has 0 unspecified atom stereocenters. The van der Waals surface area contributed by atoms with Crippen LogP contribution in [0.25, 0.3) is 0 Å². The molecule has 0 N–H and O–H groups in total. The van der Waals surface area contributed by atoms with Crippen molar-refractivity contribution in [3.63, 3.8) is 0 Å². The van der Waals surface area contributed by atoms with E-state index in [1.54, 1.807) is 0 Å². The first kappa shape index (κ1) is 47.5. The molecular weight excluding hydrogens is 585 g/mol. The summed E-state index contributed by atoms with van der Waals surface area (Å²) in [6.45, 7) is 5.23. The molecule has 48 heavy (non-hydrogen) atoms. The molecule has 0 saturated carbocycles. The minimum atomic E-state index is 0.0321. The van der Waals surface area contributed by atoms with Gasteiger partial charge in [0, 0.05) is 6.42 Å². The monoisotopic (exact) mass is 677 g/mol. The van der Waals surface area contributed by atoms with Gasteiger partial charge in [0.1, 0.15) is 0 Å². The number of esters is 1. The van der Waals surface area contributed by atoms with Crippen molar-refractivity contribution in [1.82, 2.24) is 0 Å². The summed E-state index contributed by atoms with van der Waals surface area (Å²) in [7, 11) is 0. The molecule has 0 aromatic rings. The summed E-state index contributed by atoms with van der Waals surface area (Å²) in [5.41, 5.74) is 0. The summed E-state index contributed by atoms with van der Waals surface area (Å²) >= 11 is 0. The fourth-order valence-corrected chi connectivity index (χ4v) is 7.32. The van der Waals surface area contributed by atoms with Crippen molar-refractivity contribution < 1.29 is 9.53 Å². The van der Waals surface area contributed by atoms with Crippen LogP contribution >= 0.6 is 0 Å². The summed E-state index contributed by atoms with van der Waals surface area (Å²) in [6.07, 6.45) is 57.9. The predicted molar refractivity (Wildman–Crippen MR) is 216 cm³/mol. The Morgan fingerprint density at radius 2 is 0.458 bits per heavy atom. The fraction of sp³-hybridized carbons (Fsp3) is 0.978. The second kappa shape index (κ2) is 44.5. The van der Waals surface area contributed by atoms with Crippen molar-refractivity contribution in [3.8, 4) is 0 Å². The van der Waals surface area contributed by atoms with E-state index >= 15 is 0 Å². The highest BCUT2D eigenvalue weighted by Crippen LogP contribution is 2.17. The molecule has 2 heteroatoms. The Balaban J connectivity index is 3.13. The van der Waals surface area contributed by atoms with E-state index in [9.17, 15) is 4.79 Å². The Hall–Kier alpha value is -0.530. The van der Waals surface area contributed by atoms with Gasteiger partial charge in [-0.25, -0.2) is 0 Å². The highest BCUT2D eigenvalue weighted by Gasteiger charge is 2.03. The average Bonchev–Trinajstić information content (AvgIpc) is 3.09. The summed E-state index contributed by atoms with van der Waals surface area (Å²) in [4.78, 5) is 12.0. The van der Waals surface area contributed by atoms with Gasteiger partial charge in [-0.2, -0.15) is 0 Å². The fourth-order valence-electron chi connectivity index (χ4n) is 7.32. The Morgan fingerprint density at radius 1 is 0.271 bits per heavy atom. The van der Waals surface area contributed by atoms with Crippen molar-refractivity contribution in [1.29, 1.82) is 0 Å². The zero-order valence-corrected chi connectivity index (χ0v) is 33.7. The SMILES string of the molecule is CCCCCCCCCCCCCCCCCCCCCCCCCCCCC(=O)OCCCCCCCCCCCCCCCCC. The molecule has 288 valence electrons. The van der Waals surface area contributed by atoms with Crippen LogP contribution in [0.2, 0.25) is 0 Å². The number of carbonyl (C=O) groups excluding carboxylic acids is 1. The molecule has 0 heterocycles. The first-order valence-corrected chi connectivity index (χ1v) is 23.0. The zero-order valence-electron chi connectivity index (χ0n) is 33.7. The molecule has 0 rings (SSSR count). The Kier molecular flexibility index (Phi) is 44.0. The number of hydrogen-bond acceptors (Lipinski definition) is 2. The first-order valence-electron chi connectivity index (χ1n) is 23.0. The summed E-state index contributed by atoms with van der Waals surface area (Å²) in [5.74, 6) is 0.0321. The lowest BCUT2D eigenvalue weighted by atomic mass is 10.0. The number of rotatable bonds is 43. The standard InChI is InChI=1S/C46H92O2/c1-3-5-7-9-11-13-15-17-19-20-21-22-23-24-25-26-27-28-29-30-32-34-36-38-40-42-44-46(47)48-45-43-41-39-37-35-33-31-18-16-14-12-10-8-6-4-2/h3-45H2,1-2H3. The minimum Gasteiger partial charge on any atom is -0.466 e. The van der Waals surface area contributed by atoms with Gasteiger partial charge in [-0.3, -0.25) is 4.79 Å². The third kappa shape index (κ3) is 43.5. The van der Waals surface area contributed by atoms with Gasteiger partial charge < -0.3 is 4.74 Å². The molecule has 0 saturated heterocycles. The van der Waals surface area contributed by atoms with Crippen LogP contribution in [-0.4, -0.2) is 12.6 Å². The van der Waals surface area contributed by atoms with Crippen LogP contribution in [0.1, 0.15) is 284 Å². The molecule has 0 bridgehead atoms. The lowest BCUT2D eigenvalue weighted by Crippen LogP contribution is -2.05.